The second kappa shape index (κ2) is 8.36. The molecule has 2 aliphatic rings. The van der Waals surface area contributed by atoms with Crippen LogP contribution < -0.4 is 4.74 Å². The van der Waals surface area contributed by atoms with Crippen molar-refractivity contribution in [1.29, 1.82) is 0 Å². The van der Waals surface area contributed by atoms with Gasteiger partial charge in [-0.3, -0.25) is 4.79 Å². The highest BCUT2D eigenvalue weighted by atomic mass is 32.2. The summed E-state index contributed by atoms with van der Waals surface area (Å²) < 4.78 is 49.2. The summed E-state index contributed by atoms with van der Waals surface area (Å²) in [6.45, 7) is 7.21. The Morgan fingerprint density at radius 1 is 0.943 bits per heavy atom. The SMILES string of the molecule is CC(C)(C)Sc1ccc(C(=O)N2CCC3(CC2)Oc2ccccc2-n2c(C(F)(F)F)ccc23)cc1. The van der Waals surface area contributed by atoms with E-state index < -0.39 is 17.5 Å². The summed E-state index contributed by atoms with van der Waals surface area (Å²) in [5, 5.41) is 0. The van der Waals surface area contributed by atoms with Gasteiger partial charge in [0.25, 0.3) is 5.91 Å². The van der Waals surface area contributed by atoms with Crippen molar-refractivity contribution in [3.63, 3.8) is 0 Å². The van der Waals surface area contributed by atoms with Crippen molar-refractivity contribution < 1.29 is 22.7 Å². The Hall–Kier alpha value is -2.87. The largest absolute Gasteiger partial charge is 0.479 e. The van der Waals surface area contributed by atoms with E-state index in [0.29, 0.717) is 48.6 Å². The van der Waals surface area contributed by atoms with Gasteiger partial charge in [0.1, 0.15) is 11.4 Å². The van der Waals surface area contributed by atoms with E-state index in [1.165, 1.54) is 10.6 Å². The first-order valence-corrected chi connectivity index (χ1v) is 12.4. The van der Waals surface area contributed by atoms with Gasteiger partial charge in [0.05, 0.1) is 11.4 Å². The number of carbonyl (C=O) groups excluding carboxylic acids is 1. The van der Waals surface area contributed by atoms with Crippen LogP contribution in [0.25, 0.3) is 5.69 Å². The molecule has 1 aromatic heterocycles. The van der Waals surface area contributed by atoms with Crippen LogP contribution in [0.2, 0.25) is 0 Å². The van der Waals surface area contributed by atoms with Crippen LogP contribution in [0, 0.1) is 0 Å². The number of fused-ring (bicyclic) bond motifs is 4. The highest BCUT2D eigenvalue weighted by molar-refractivity contribution is 8.00. The number of carbonyl (C=O) groups is 1. The number of thioether (sulfide) groups is 1. The molecule has 1 saturated heterocycles. The number of nitrogens with zero attached hydrogens (tertiary/aromatic N) is 2. The average Bonchev–Trinajstić information content (AvgIpc) is 3.26. The molecule has 0 aliphatic carbocycles. The van der Waals surface area contributed by atoms with Gasteiger partial charge in [0, 0.05) is 41.1 Å². The molecule has 0 radical (unpaired) electrons. The van der Waals surface area contributed by atoms with Crippen LogP contribution in [-0.2, 0) is 11.8 Å². The van der Waals surface area contributed by atoms with E-state index in [1.54, 1.807) is 40.9 Å². The molecule has 0 unspecified atom stereocenters. The fraction of sp³-hybridized carbons (Fsp3) is 0.370. The number of amides is 1. The lowest BCUT2D eigenvalue weighted by Crippen LogP contribution is -2.50. The first-order valence-electron chi connectivity index (χ1n) is 11.6. The Morgan fingerprint density at radius 3 is 2.23 bits per heavy atom. The summed E-state index contributed by atoms with van der Waals surface area (Å²) in [7, 11) is 0. The lowest BCUT2D eigenvalue weighted by Gasteiger charge is -2.45. The summed E-state index contributed by atoms with van der Waals surface area (Å²) in [4.78, 5) is 16.0. The van der Waals surface area contributed by atoms with E-state index >= 15 is 0 Å². The fourth-order valence-corrected chi connectivity index (χ4v) is 5.87. The van der Waals surface area contributed by atoms with E-state index in [2.05, 4.69) is 20.8 Å². The van der Waals surface area contributed by atoms with E-state index in [1.807, 2.05) is 24.3 Å². The zero-order chi connectivity index (χ0) is 25.0. The Morgan fingerprint density at radius 2 is 1.60 bits per heavy atom. The first kappa shape index (κ1) is 23.9. The zero-order valence-electron chi connectivity index (χ0n) is 19.9. The lowest BCUT2D eigenvalue weighted by molar-refractivity contribution is -0.143. The molecule has 1 fully saturated rings. The number of rotatable bonds is 2. The second-order valence-electron chi connectivity index (χ2n) is 10.0. The van der Waals surface area contributed by atoms with Crippen LogP contribution >= 0.6 is 11.8 Å². The van der Waals surface area contributed by atoms with Gasteiger partial charge in [-0.2, -0.15) is 13.2 Å². The molecule has 35 heavy (non-hydrogen) atoms. The van der Waals surface area contributed by atoms with Gasteiger partial charge in [-0.05, 0) is 48.5 Å². The van der Waals surface area contributed by atoms with Gasteiger partial charge in [0.15, 0.2) is 5.60 Å². The predicted molar refractivity (Wildman–Crippen MR) is 130 cm³/mol. The van der Waals surface area contributed by atoms with Crippen molar-refractivity contribution in [3.8, 4) is 11.4 Å². The highest BCUT2D eigenvalue weighted by Gasteiger charge is 2.48. The molecular weight excluding hydrogens is 473 g/mol. The van der Waals surface area contributed by atoms with Gasteiger partial charge in [-0.15, -0.1) is 11.8 Å². The minimum absolute atomic E-state index is 0.0743. The number of aromatic nitrogens is 1. The van der Waals surface area contributed by atoms with E-state index in [-0.39, 0.29) is 10.7 Å². The van der Waals surface area contributed by atoms with Gasteiger partial charge in [0.2, 0.25) is 0 Å². The van der Waals surface area contributed by atoms with Crippen LogP contribution in [-0.4, -0.2) is 33.2 Å². The van der Waals surface area contributed by atoms with Crippen molar-refractivity contribution in [2.45, 2.75) is 55.0 Å². The quantitative estimate of drug-likeness (QED) is 0.359. The summed E-state index contributed by atoms with van der Waals surface area (Å²) in [5.74, 6) is 0.350. The third kappa shape index (κ3) is 4.44. The molecule has 3 heterocycles. The van der Waals surface area contributed by atoms with Crippen LogP contribution in [0.4, 0.5) is 13.2 Å². The molecule has 4 nitrogen and oxygen atoms in total. The normalized spacial score (nSPS) is 17.0. The van der Waals surface area contributed by atoms with Crippen molar-refractivity contribution in [2.75, 3.05) is 13.1 Å². The number of para-hydroxylation sites is 2. The van der Waals surface area contributed by atoms with Gasteiger partial charge in [-0.25, -0.2) is 0 Å². The van der Waals surface area contributed by atoms with Crippen LogP contribution in [0.3, 0.4) is 0 Å². The van der Waals surface area contributed by atoms with Crippen molar-refractivity contribution in [3.05, 3.63) is 77.6 Å². The van der Waals surface area contributed by atoms with Gasteiger partial charge >= 0.3 is 6.18 Å². The minimum atomic E-state index is -4.49. The number of hydrogen-bond acceptors (Lipinski definition) is 3. The molecule has 0 atom stereocenters. The Labute approximate surface area is 207 Å². The Kier molecular flexibility index (Phi) is 5.70. The van der Waals surface area contributed by atoms with Crippen LogP contribution in [0.15, 0.2) is 65.6 Å². The maximum absolute atomic E-state index is 13.8. The molecule has 184 valence electrons. The summed E-state index contributed by atoms with van der Waals surface area (Å²) in [6.07, 6.45) is -3.67. The van der Waals surface area contributed by atoms with Crippen molar-refractivity contribution in [1.82, 2.24) is 9.47 Å². The minimum Gasteiger partial charge on any atom is -0.479 e. The van der Waals surface area contributed by atoms with E-state index in [0.717, 1.165) is 11.0 Å². The average molecular weight is 501 g/mol. The first-order chi connectivity index (χ1) is 16.5. The third-order valence-corrected chi connectivity index (χ3v) is 7.55. The molecule has 8 heteroatoms. The molecule has 1 amide bonds. The monoisotopic (exact) mass is 500 g/mol. The number of halogens is 3. The van der Waals surface area contributed by atoms with Crippen molar-refractivity contribution in [2.24, 2.45) is 0 Å². The maximum atomic E-state index is 13.8. The summed E-state index contributed by atoms with van der Waals surface area (Å²) in [5.41, 5.74) is -0.149. The fourth-order valence-electron chi connectivity index (χ4n) is 4.90. The smallest absolute Gasteiger partial charge is 0.431 e. The molecule has 2 aliphatic heterocycles. The molecule has 0 bridgehead atoms. The standard InChI is InChI=1S/C27H27F3N2O2S/c1-25(2,3)35-19-10-8-18(9-11-19)24(33)31-16-14-26(15-17-31)22-12-13-23(27(28,29)30)32(22)20-6-4-5-7-21(20)34-26/h4-13H,14-17H2,1-3H3. The predicted octanol–water partition coefficient (Wildman–Crippen LogP) is 6.91. The molecule has 0 N–H and O–H groups in total. The lowest BCUT2D eigenvalue weighted by atomic mass is 9.86. The molecule has 3 aromatic rings. The van der Waals surface area contributed by atoms with Crippen molar-refractivity contribution >= 4 is 17.7 Å². The molecule has 1 spiro atoms. The van der Waals surface area contributed by atoms with Crippen LogP contribution in [0.1, 0.15) is 55.4 Å². The molecule has 0 saturated carbocycles. The molecular formula is C27H27F3N2O2S. The maximum Gasteiger partial charge on any atom is 0.431 e. The summed E-state index contributed by atoms with van der Waals surface area (Å²) in [6, 6.07) is 17.0. The number of likely N-dealkylation sites (tertiary alicyclic amines) is 1. The van der Waals surface area contributed by atoms with Crippen LogP contribution in [0.5, 0.6) is 5.75 Å². The number of benzene rings is 2. The molecule has 5 rings (SSSR count). The Balaban J connectivity index is 1.38. The topological polar surface area (TPSA) is 34.5 Å². The zero-order valence-corrected chi connectivity index (χ0v) is 20.7. The van der Waals surface area contributed by atoms with E-state index in [9.17, 15) is 18.0 Å². The number of piperidine rings is 1. The summed E-state index contributed by atoms with van der Waals surface area (Å²) >= 11 is 1.74. The second-order valence-corrected chi connectivity index (χ2v) is 11.9. The van der Waals surface area contributed by atoms with E-state index in [4.69, 9.17) is 4.74 Å². The van der Waals surface area contributed by atoms with Gasteiger partial charge < -0.3 is 14.2 Å². The third-order valence-electron chi connectivity index (χ3n) is 6.43. The number of alkyl halides is 3. The highest BCUT2D eigenvalue weighted by Crippen LogP contribution is 2.48. The van der Waals surface area contributed by atoms with Gasteiger partial charge in [-0.1, -0.05) is 32.9 Å². The molecule has 2 aromatic carbocycles. The Bertz CT molecular complexity index is 1250. The number of hydrogen-bond donors (Lipinski definition) is 0. The number of ether oxygens (including phenoxy) is 1.